The number of benzene rings is 2. The summed E-state index contributed by atoms with van der Waals surface area (Å²) in [6, 6.07) is 11.7. The molecular weight excluding hydrogens is 335 g/mol. The van der Waals surface area contributed by atoms with Gasteiger partial charge in [0.25, 0.3) is 0 Å². The van der Waals surface area contributed by atoms with Gasteiger partial charge in [-0.2, -0.15) is 0 Å². The molecule has 0 spiro atoms. The zero-order valence-corrected chi connectivity index (χ0v) is 14.5. The molecule has 4 aromatic rings. The number of imidazole rings is 1. The fraction of sp³-hybridized carbons (Fsp3) is 0.200. The van der Waals surface area contributed by atoms with Gasteiger partial charge in [0.2, 0.25) is 0 Å². The lowest BCUT2D eigenvalue weighted by molar-refractivity contribution is 0.290. The normalized spacial score (nSPS) is 11.3. The van der Waals surface area contributed by atoms with Crippen molar-refractivity contribution in [2.45, 2.75) is 27.0 Å². The molecule has 5 nitrogen and oxygen atoms in total. The average Bonchev–Trinajstić information content (AvgIpc) is 2.98. The molecule has 4 rings (SSSR count). The summed E-state index contributed by atoms with van der Waals surface area (Å²) in [5.74, 6) is 0.846. The first-order valence-electron chi connectivity index (χ1n) is 8.37. The maximum absolute atomic E-state index is 14.0. The van der Waals surface area contributed by atoms with Gasteiger partial charge in [0, 0.05) is 24.1 Å². The van der Waals surface area contributed by atoms with Crippen molar-refractivity contribution in [1.29, 1.82) is 0 Å². The third-order valence-corrected chi connectivity index (χ3v) is 4.42. The molecular formula is C20H17FN2O3. The quantitative estimate of drug-likeness (QED) is 0.517. The lowest BCUT2D eigenvalue weighted by atomic mass is 10.1. The van der Waals surface area contributed by atoms with E-state index in [4.69, 9.17) is 9.15 Å². The van der Waals surface area contributed by atoms with Crippen molar-refractivity contribution in [2.75, 3.05) is 0 Å². The summed E-state index contributed by atoms with van der Waals surface area (Å²) in [6.45, 7) is 4.68. The summed E-state index contributed by atoms with van der Waals surface area (Å²) < 4.78 is 27.0. The van der Waals surface area contributed by atoms with Crippen LogP contribution in [0.3, 0.4) is 0 Å². The van der Waals surface area contributed by atoms with Gasteiger partial charge in [0.15, 0.2) is 5.82 Å². The van der Waals surface area contributed by atoms with Gasteiger partial charge in [-0.15, -0.1) is 0 Å². The fourth-order valence-corrected chi connectivity index (χ4v) is 3.17. The standard InChI is InChI=1S/C20H17FN2O3/c1-3-23-16-6-4-5-15(21)20(16)22-18(23)11-25-13-7-8-14-12(2)9-19(24)26-17(14)10-13/h4-10H,3,11H2,1-2H3. The molecule has 6 heteroatoms. The van der Waals surface area contributed by atoms with Crippen molar-refractivity contribution in [3.05, 3.63) is 70.1 Å². The molecule has 0 aliphatic heterocycles. The Morgan fingerprint density at radius 3 is 2.88 bits per heavy atom. The third kappa shape index (κ3) is 2.73. The number of ether oxygens (including phenoxy) is 1. The molecule has 26 heavy (non-hydrogen) atoms. The van der Waals surface area contributed by atoms with E-state index in [1.807, 2.05) is 36.6 Å². The van der Waals surface area contributed by atoms with Crippen LogP contribution in [-0.4, -0.2) is 9.55 Å². The van der Waals surface area contributed by atoms with Crippen molar-refractivity contribution in [1.82, 2.24) is 9.55 Å². The molecule has 0 bridgehead atoms. The summed E-state index contributed by atoms with van der Waals surface area (Å²) in [5, 5.41) is 0.861. The van der Waals surface area contributed by atoms with Gasteiger partial charge in [-0.1, -0.05) is 6.07 Å². The number of fused-ring (bicyclic) bond motifs is 2. The second-order valence-corrected chi connectivity index (χ2v) is 6.07. The molecule has 0 saturated carbocycles. The van der Waals surface area contributed by atoms with E-state index in [1.165, 1.54) is 12.1 Å². The Morgan fingerprint density at radius 2 is 2.08 bits per heavy atom. The van der Waals surface area contributed by atoms with E-state index in [9.17, 15) is 9.18 Å². The summed E-state index contributed by atoms with van der Waals surface area (Å²) in [4.78, 5) is 15.9. The van der Waals surface area contributed by atoms with Crippen molar-refractivity contribution in [3.8, 4) is 5.75 Å². The fourth-order valence-electron chi connectivity index (χ4n) is 3.17. The maximum Gasteiger partial charge on any atom is 0.336 e. The highest BCUT2D eigenvalue weighted by Crippen LogP contribution is 2.24. The number of nitrogens with zero attached hydrogens (tertiary/aromatic N) is 2. The molecule has 2 heterocycles. The van der Waals surface area contributed by atoms with Crippen LogP contribution in [0.25, 0.3) is 22.0 Å². The van der Waals surface area contributed by atoms with Gasteiger partial charge < -0.3 is 13.7 Å². The number of halogens is 1. The first kappa shape index (κ1) is 16.3. The van der Waals surface area contributed by atoms with Crippen molar-refractivity contribution >= 4 is 22.0 Å². The van der Waals surface area contributed by atoms with E-state index in [-0.39, 0.29) is 12.4 Å². The number of hydrogen-bond acceptors (Lipinski definition) is 4. The van der Waals surface area contributed by atoms with Crippen molar-refractivity contribution in [3.63, 3.8) is 0 Å². The monoisotopic (exact) mass is 352 g/mol. The second-order valence-electron chi connectivity index (χ2n) is 6.07. The highest BCUT2D eigenvalue weighted by Gasteiger charge is 2.13. The first-order valence-corrected chi connectivity index (χ1v) is 8.37. The number of hydrogen-bond donors (Lipinski definition) is 0. The molecule has 2 aromatic heterocycles. The largest absolute Gasteiger partial charge is 0.486 e. The van der Waals surface area contributed by atoms with Gasteiger partial charge in [-0.25, -0.2) is 14.2 Å². The Bertz CT molecular complexity index is 1180. The lowest BCUT2D eigenvalue weighted by Crippen LogP contribution is -2.06. The molecule has 2 aromatic carbocycles. The van der Waals surface area contributed by atoms with Gasteiger partial charge >= 0.3 is 5.63 Å². The topological polar surface area (TPSA) is 57.3 Å². The van der Waals surface area contributed by atoms with Crippen LogP contribution in [0.15, 0.2) is 51.7 Å². The van der Waals surface area contributed by atoms with E-state index >= 15 is 0 Å². The zero-order chi connectivity index (χ0) is 18.3. The molecule has 0 N–H and O–H groups in total. The number of aryl methyl sites for hydroxylation is 2. The van der Waals surface area contributed by atoms with E-state index < -0.39 is 5.63 Å². The Morgan fingerprint density at radius 1 is 1.23 bits per heavy atom. The van der Waals surface area contributed by atoms with Crippen LogP contribution in [-0.2, 0) is 13.2 Å². The number of aromatic nitrogens is 2. The average molecular weight is 352 g/mol. The van der Waals surface area contributed by atoms with Crippen LogP contribution in [0.2, 0.25) is 0 Å². The van der Waals surface area contributed by atoms with E-state index in [1.54, 1.807) is 12.1 Å². The summed E-state index contributed by atoms with van der Waals surface area (Å²) >= 11 is 0. The van der Waals surface area contributed by atoms with E-state index in [0.29, 0.717) is 29.2 Å². The smallest absolute Gasteiger partial charge is 0.336 e. The van der Waals surface area contributed by atoms with Crippen molar-refractivity contribution < 1.29 is 13.5 Å². The molecule has 0 fully saturated rings. The van der Waals surface area contributed by atoms with E-state index in [0.717, 1.165) is 16.5 Å². The van der Waals surface area contributed by atoms with Crippen LogP contribution < -0.4 is 10.4 Å². The summed E-state index contributed by atoms with van der Waals surface area (Å²) in [5.41, 5.74) is 2.02. The van der Waals surface area contributed by atoms with Gasteiger partial charge in [0.05, 0.1) is 5.52 Å². The van der Waals surface area contributed by atoms with Gasteiger partial charge in [0.1, 0.15) is 29.3 Å². The van der Waals surface area contributed by atoms with Gasteiger partial charge in [-0.05, 0) is 43.7 Å². The predicted molar refractivity (Wildman–Crippen MR) is 96.9 cm³/mol. The first-order chi connectivity index (χ1) is 12.6. The van der Waals surface area contributed by atoms with Crippen LogP contribution >= 0.6 is 0 Å². The number of para-hydroxylation sites is 1. The van der Waals surface area contributed by atoms with Crippen LogP contribution in [0, 0.1) is 12.7 Å². The Kier molecular flexibility index (Phi) is 3.95. The Hall–Kier alpha value is -3.15. The highest BCUT2D eigenvalue weighted by molar-refractivity contribution is 5.81. The van der Waals surface area contributed by atoms with Crippen LogP contribution in [0.4, 0.5) is 4.39 Å². The predicted octanol–water partition coefficient (Wildman–Crippen LogP) is 4.19. The Balaban J connectivity index is 1.67. The summed E-state index contributed by atoms with van der Waals surface area (Å²) in [6.07, 6.45) is 0. The third-order valence-electron chi connectivity index (χ3n) is 4.42. The molecule has 0 unspecified atom stereocenters. The molecule has 0 aliphatic rings. The second kappa shape index (κ2) is 6.29. The minimum Gasteiger partial charge on any atom is -0.486 e. The van der Waals surface area contributed by atoms with Crippen LogP contribution in [0.1, 0.15) is 18.3 Å². The Labute approximate surface area is 148 Å². The highest BCUT2D eigenvalue weighted by atomic mass is 19.1. The molecule has 0 amide bonds. The molecule has 132 valence electrons. The molecule has 0 radical (unpaired) electrons. The lowest BCUT2D eigenvalue weighted by Gasteiger charge is -2.09. The molecule has 0 atom stereocenters. The minimum atomic E-state index is -0.393. The SMILES string of the molecule is CCn1c(COc2ccc3c(C)cc(=O)oc3c2)nc2c(F)cccc21. The van der Waals surface area contributed by atoms with Crippen LogP contribution in [0.5, 0.6) is 5.75 Å². The minimum absolute atomic E-state index is 0.184. The molecule has 0 saturated heterocycles. The van der Waals surface area contributed by atoms with Gasteiger partial charge in [-0.3, -0.25) is 0 Å². The summed E-state index contributed by atoms with van der Waals surface area (Å²) in [7, 11) is 0. The number of rotatable bonds is 4. The molecule has 0 aliphatic carbocycles. The van der Waals surface area contributed by atoms with E-state index in [2.05, 4.69) is 4.98 Å². The zero-order valence-electron chi connectivity index (χ0n) is 14.5. The van der Waals surface area contributed by atoms with Crippen molar-refractivity contribution in [2.24, 2.45) is 0 Å². The maximum atomic E-state index is 14.0.